The maximum absolute atomic E-state index is 11.9. The first-order valence-electron chi connectivity index (χ1n) is 9.24. The highest BCUT2D eigenvalue weighted by Gasteiger charge is 2.13. The Morgan fingerprint density at radius 2 is 1.80 bits per heavy atom. The van der Waals surface area contributed by atoms with Gasteiger partial charge in [0.25, 0.3) is 0 Å². The molecule has 0 aliphatic rings. The molecule has 0 fully saturated rings. The molecular formula is C21H31O4. The molecule has 0 bridgehead atoms. The smallest absolute Gasteiger partial charge is 0.331 e. The average molecular weight is 347 g/mol. The number of aliphatic hydroxyl groups excluding tert-OH is 1. The summed E-state index contributed by atoms with van der Waals surface area (Å²) in [5.41, 5.74) is 0.973. The van der Waals surface area contributed by atoms with Crippen molar-refractivity contribution in [3.63, 3.8) is 0 Å². The third kappa shape index (κ3) is 11.5. The number of hydrogen-bond acceptors (Lipinski definition) is 4. The maximum Gasteiger partial charge on any atom is 0.331 e. The summed E-state index contributed by atoms with van der Waals surface area (Å²) < 4.78 is 11.1. The Morgan fingerprint density at radius 3 is 2.52 bits per heavy atom. The van der Waals surface area contributed by atoms with E-state index in [1.807, 2.05) is 30.3 Å². The van der Waals surface area contributed by atoms with Gasteiger partial charge in [-0.2, -0.15) is 0 Å². The van der Waals surface area contributed by atoms with Gasteiger partial charge in [0, 0.05) is 25.7 Å². The lowest BCUT2D eigenvalue weighted by Gasteiger charge is -2.15. The van der Waals surface area contributed by atoms with Gasteiger partial charge in [-0.25, -0.2) is 4.79 Å². The second kappa shape index (κ2) is 14.7. The van der Waals surface area contributed by atoms with Gasteiger partial charge in [-0.05, 0) is 30.9 Å². The summed E-state index contributed by atoms with van der Waals surface area (Å²) in [7, 11) is 0. The van der Waals surface area contributed by atoms with Gasteiger partial charge in [-0.1, -0.05) is 56.5 Å². The van der Waals surface area contributed by atoms with Crippen molar-refractivity contribution in [3.05, 3.63) is 48.1 Å². The lowest BCUT2D eigenvalue weighted by molar-refractivity contribution is -0.137. The van der Waals surface area contributed by atoms with Crippen LogP contribution in [0.25, 0.3) is 6.08 Å². The van der Waals surface area contributed by atoms with E-state index in [1.54, 1.807) is 6.08 Å². The normalized spacial score (nSPS) is 11.3. The fourth-order valence-corrected chi connectivity index (χ4v) is 2.37. The van der Waals surface area contributed by atoms with E-state index in [1.165, 1.54) is 6.08 Å². The highest BCUT2D eigenvalue weighted by molar-refractivity contribution is 5.87. The Morgan fingerprint density at radius 1 is 1.04 bits per heavy atom. The largest absolute Gasteiger partial charge is 0.452 e. The van der Waals surface area contributed by atoms with Gasteiger partial charge in [-0.3, -0.25) is 0 Å². The summed E-state index contributed by atoms with van der Waals surface area (Å²) in [5, 5.41) is 8.71. The molecule has 0 aromatic heterocycles. The maximum atomic E-state index is 11.9. The lowest BCUT2D eigenvalue weighted by Crippen LogP contribution is -2.12. The number of carbonyl (C=O) groups excluding carboxylic acids is 1. The molecule has 0 spiro atoms. The number of hydrogen-bond donors (Lipinski definition) is 1. The van der Waals surface area contributed by atoms with E-state index >= 15 is 0 Å². The van der Waals surface area contributed by atoms with Crippen molar-refractivity contribution in [2.45, 2.75) is 51.9 Å². The summed E-state index contributed by atoms with van der Waals surface area (Å²) in [6.45, 7) is 3.62. The highest BCUT2D eigenvalue weighted by Crippen LogP contribution is 2.17. The molecule has 0 heterocycles. The second-order valence-electron chi connectivity index (χ2n) is 5.95. The number of unbranched alkanes of at least 4 members (excludes halogenated alkanes) is 3. The van der Waals surface area contributed by atoms with Crippen LogP contribution in [0.2, 0.25) is 0 Å². The monoisotopic (exact) mass is 347 g/mol. The molecule has 0 unspecified atom stereocenters. The van der Waals surface area contributed by atoms with E-state index < -0.39 is 0 Å². The Balaban J connectivity index is 2.22. The first-order valence-corrected chi connectivity index (χ1v) is 9.24. The predicted octanol–water partition coefficient (Wildman–Crippen LogP) is 4.53. The van der Waals surface area contributed by atoms with Crippen molar-refractivity contribution < 1.29 is 19.4 Å². The summed E-state index contributed by atoms with van der Waals surface area (Å²) in [4.78, 5) is 11.9. The molecule has 0 saturated heterocycles. The standard InChI is InChI=1S/C21H31O4/c1-2-10-20(15-18-24-17-9-4-3-8-16-22)25-21(23)14-13-19-11-6-5-7-12-19/h5-7,11-14,22H,2-4,8-10,15-18H2,1H3/b14-13+. The topological polar surface area (TPSA) is 55.8 Å². The van der Waals surface area contributed by atoms with E-state index in [4.69, 9.17) is 14.6 Å². The second-order valence-corrected chi connectivity index (χ2v) is 5.95. The van der Waals surface area contributed by atoms with Gasteiger partial charge in [0.15, 0.2) is 6.10 Å². The molecule has 1 N–H and O–H groups in total. The molecule has 0 aliphatic heterocycles. The van der Waals surface area contributed by atoms with Crippen molar-refractivity contribution in [1.82, 2.24) is 0 Å². The molecular weight excluding hydrogens is 316 g/mol. The zero-order valence-corrected chi connectivity index (χ0v) is 15.3. The molecule has 1 rings (SSSR count). The van der Waals surface area contributed by atoms with Crippen LogP contribution in [-0.4, -0.2) is 30.9 Å². The molecule has 0 saturated carbocycles. The Labute approximate surface area is 151 Å². The van der Waals surface area contributed by atoms with Gasteiger partial charge in [0.1, 0.15) is 0 Å². The zero-order valence-electron chi connectivity index (χ0n) is 15.3. The van der Waals surface area contributed by atoms with Gasteiger partial charge >= 0.3 is 5.97 Å². The van der Waals surface area contributed by atoms with Gasteiger partial charge in [0.2, 0.25) is 0 Å². The first-order chi connectivity index (χ1) is 12.3. The number of benzene rings is 1. The third-order valence-electron chi connectivity index (χ3n) is 3.71. The Hall–Kier alpha value is -1.65. The molecule has 0 amide bonds. The molecule has 0 aliphatic carbocycles. The Kier molecular flexibility index (Phi) is 12.6. The molecule has 1 aromatic carbocycles. The quantitative estimate of drug-likeness (QED) is 0.305. The number of aliphatic hydroxyl groups is 1. The van der Waals surface area contributed by atoms with Crippen LogP contribution in [0.15, 0.2) is 36.4 Å². The zero-order chi connectivity index (χ0) is 18.2. The molecule has 1 aromatic rings. The van der Waals surface area contributed by atoms with E-state index in [9.17, 15) is 4.79 Å². The number of esters is 1. The minimum Gasteiger partial charge on any atom is -0.452 e. The first kappa shape index (κ1) is 21.4. The lowest BCUT2D eigenvalue weighted by atomic mass is 10.1. The summed E-state index contributed by atoms with van der Waals surface area (Å²) in [6.07, 6.45) is 10.3. The summed E-state index contributed by atoms with van der Waals surface area (Å²) >= 11 is 0. The summed E-state index contributed by atoms with van der Waals surface area (Å²) in [6, 6.07) is 9.68. The van der Waals surface area contributed by atoms with Crippen molar-refractivity contribution in [2.24, 2.45) is 0 Å². The van der Waals surface area contributed by atoms with Crippen molar-refractivity contribution in [3.8, 4) is 0 Å². The molecule has 0 atom stereocenters. The molecule has 1 radical (unpaired) electrons. The van der Waals surface area contributed by atoms with E-state index in [0.29, 0.717) is 19.6 Å². The van der Waals surface area contributed by atoms with Crippen LogP contribution in [0.4, 0.5) is 0 Å². The molecule has 4 heteroatoms. The van der Waals surface area contributed by atoms with Gasteiger partial charge in [-0.15, -0.1) is 0 Å². The Bertz CT molecular complexity index is 470. The molecule has 139 valence electrons. The van der Waals surface area contributed by atoms with E-state index in [0.717, 1.165) is 50.2 Å². The minimum atomic E-state index is -0.337. The van der Waals surface area contributed by atoms with Gasteiger partial charge in [0.05, 0.1) is 6.61 Å². The average Bonchev–Trinajstić information content (AvgIpc) is 2.63. The number of ether oxygens (including phenoxy) is 2. The predicted molar refractivity (Wildman–Crippen MR) is 101 cm³/mol. The number of rotatable bonds is 14. The van der Waals surface area contributed by atoms with Crippen LogP contribution in [0.3, 0.4) is 0 Å². The van der Waals surface area contributed by atoms with Crippen molar-refractivity contribution >= 4 is 12.0 Å². The third-order valence-corrected chi connectivity index (χ3v) is 3.71. The molecule has 25 heavy (non-hydrogen) atoms. The number of carbonyl (C=O) groups is 1. The molecule has 4 nitrogen and oxygen atoms in total. The van der Waals surface area contributed by atoms with E-state index in [-0.39, 0.29) is 12.6 Å². The van der Waals surface area contributed by atoms with Crippen molar-refractivity contribution in [2.75, 3.05) is 19.8 Å². The van der Waals surface area contributed by atoms with Crippen LogP contribution in [-0.2, 0) is 14.3 Å². The van der Waals surface area contributed by atoms with Crippen LogP contribution < -0.4 is 0 Å². The van der Waals surface area contributed by atoms with Gasteiger partial charge < -0.3 is 14.6 Å². The van der Waals surface area contributed by atoms with Crippen LogP contribution >= 0.6 is 0 Å². The SMILES string of the molecule is CCC[C](CCOCCCCCCO)OC(=O)/C=C/c1ccccc1. The van der Waals surface area contributed by atoms with Crippen LogP contribution in [0, 0.1) is 6.10 Å². The highest BCUT2D eigenvalue weighted by atomic mass is 16.5. The van der Waals surface area contributed by atoms with Crippen LogP contribution in [0.1, 0.15) is 57.4 Å². The fourth-order valence-electron chi connectivity index (χ4n) is 2.37. The van der Waals surface area contributed by atoms with Crippen LogP contribution in [0.5, 0.6) is 0 Å². The summed E-state index contributed by atoms with van der Waals surface area (Å²) in [5.74, 6) is -0.337. The minimum absolute atomic E-state index is 0.264. The fraction of sp³-hybridized carbons (Fsp3) is 0.524. The van der Waals surface area contributed by atoms with Crippen molar-refractivity contribution in [1.29, 1.82) is 0 Å². The van der Waals surface area contributed by atoms with E-state index in [2.05, 4.69) is 6.92 Å².